The summed E-state index contributed by atoms with van der Waals surface area (Å²) >= 11 is 0. The van der Waals surface area contributed by atoms with Crippen LogP contribution >= 0.6 is 0 Å². The molecule has 4 heterocycles. The van der Waals surface area contributed by atoms with Crippen LogP contribution in [0.25, 0.3) is 5.65 Å². The van der Waals surface area contributed by atoms with Crippen molar-refractivity contribution >= 4 is 23.3 Å². The van der Waals surface area contributed by atoms with Crippen LogP contribution in [0.3, 0.4) is 0 Å². The number of carbonyl (C=O) groups excluding carboxylic acids is 1. The number of allylic oxidation sites excluding steroid dienone is 1. The minimum absolute atomic E-state index is 0.0805. The third-order valence-electron chi connectivity index (χ3n) is 5.03. The van der Waals surface area contributed by atoms with Crippen molar-refractivity contribution in [3.63, 3.8) is 0 Å². The van der Waals surface area contributed by atoms with Crippen molar-refractivity contribution in [1.29, 1.82) is 0 Å². The maximum absolute atomic E-state index is 13.3. The van der Waals surface area contributed by atoms with Gasteiger partial charge < -0.3 is 15.0 Å². The summed E-state index contributed by atoms with van der Waals surface area (Å²) in [6.07, 6.45) is 6.22. The van der Waals surface area contributed by atoms with E-state index >= 15 is 0 Å². The molecular formula is C20H23FN6O2. The van der Waals surface area contributed by atoms with Crippen LogP contribution in [-0.2, 0) is 4.74 Å². The number of aliphatic imine (C=N–C) groups is 1. The van der Waals surface area contributed by atoms with Crippen LogP contribution < -0.4 is 10.2 Å². The van der Waals surface area contributed by atoms with Crippen molar-refractivity contribution in [3.05, 3.63) is 48.2 Å². The van der Waals surface area contributed by atoms with Gasteiger partial charge >= 0.3 is 0 Å². The number of fused-ring (bicyclic) bond motifs is 3. The quantitative estimate of drug-likeness (QED) is 0.798. The molecule has 29 heavy (non-hydrogen) atoms. The Kier molecular flexibility index (Phi) is 5.04. The zero-order valence-electron chi connectivity index (χ0n) is 16.4. The zero-order chi connectivity index (χ0) is 20.5. The normalized spacial score (nSPS) is 24.7. The van der Waals surface area contributed by atoms with Crippen LogP contribution in [0.15, 0.2) is 47.6 Å². The van der Waals surface area contributed by atoms with Crippen molar-refractivity contribution in [2.45, 2.75) is 38.8 Å². The second kappa shape index (κ2) is 7.65. The molecule has 1 amide bonds. The highest BCUT2D eigenvalue weighted by molar-refractivity contribution is 6.00. The van der Waals surface area contributed by atoms with Crippen LogP contribution in [0.5, 0.6) is 0 Å². The molecule has 2 aromatic rings. The standard InChI is InChI=1S/C20H23FN6O2/c1-12(21)9-22-20-14(3)16-5-4-7-26(16)17-6-8-27-18(25-17)15(10-23-27)19(28)24-13(2)11-29-20/h6,8-10,13,16H,3-5,7,11H2,1-2H3,(H,24,28)/b12-9+,22-20+/t13-,16+/m0/s1. The predicted molar refractivity (Wildman–Crippen MR) is 108 cm³/mol. The highest BCUT2D eigenvalue weighted by atomic mass is 19.1. The van der Waals surface area contributed by atoms with E-state index in [1.807, 2.05) is 13.0 Å². The summed E-state index contributed by atoms with van der Waals surface area (Å²) in [6, 6.07) is 1.47. The summed E-state index contributed by atoms with van der Waals surface area (Å²) in [7, 11) is 0. The van der Waals surface area contributed by atoms with E-state index in [9.17, 15) is 9.18 Å². The Balaban J connectivity index is 1.80. The summed E-state index contributed by atoms with van der Waals surface area (Å²) < 4.78 is 20.7. The van der Waals surface area contributed by atoms with Gasteiger partial charge in [-0.05, 0) is 32.8 Å². The monoisotopic (exact) mass is 398 g/mol. The molecule has 0 unspecified atom stereocenters. The number of anilines is 1. The van der Waals surface area contributed by atoms with Crippen molar-refractivity contribution in [2.24, 2.45) is 4.99 Å². The van der Waals surface area contributed by atoms with Crippen molar-refractivity contribution in [2.75, 3.05) is 18.1 Å². The number of rotatable bonds is 1. The predicted octanol–water partition coefficient (Wildman–Crippen LogP) is 2.63. The van der Waals surface area contributed by atoms with E-state index in [1.54, 1.807) is 10.7 Å². The van der Waals surface area contributed by atoms with Crippen molar-refractivity contribution in [1.82, 2.24) is 19.9 Å². The van der Waals surface area contributed by atoms with Crippen LogP contribution in [-0.4, -0.2) is 51.6 Å². The smallest absolute Gasteiger partial charge is 0.257 e. The number of amides is 1. The summed E-state index contributed by atoms with van der Waals surface area (Å²) in [5.41, 5.74) is 1.55. The fourth-order valence-corrected chi connectivity index (χ4v) is 3.63. The minimum Gasteiger partial charge on any atom is -0.475 e. The van der Waals surface area contributed by atoms with Gasteiger partial charge in [-0.25, -0.2) is 18.9 Å². The topological polar surface area (TPSA) is 84.1 Å². The molecule has 0 aliphatic carbocycles. The Morgan fingerprint density at radius 2 is 2.34 bits per heavy atom. The maximum atomic E-state index is 13.3. The number of hydrogen-bond donors (Lipinski definition) is 1. The molecule has 0 spiro atoms. The zero-order valence-corrected chi connectivity index (χ0v) is 16.4. The fraction of sp³-hybridized carbons (Fsp3) is 0.400. The molecule has 0 aromatic carbocycles. The molecule has 8 nitrogen and oxygen atoms in total. The first-order valence-electron chi connectivity index (χ1n) is 9.58. The number of ether oxygens (including phenoxy) is 1. The van der Waals surface area contributed by atoms with Crippen LogP contribution in [0.1, 0.15) is 37.0 Å². The van der Waals surface area contributed by atoms with E-state index in [-0.39, 0.29) is 30.5 Å². The van der Waals surface area contributed by atoms with Gasteiger partial charge in [-0.2, -0.15) is 5.10 Å². The molecule has 2 aromatic heterocycles. The third-order valence-corrected chi connectivity index (χ3v) is 5.03. The van der Waals surface area contributed by atoms with Gasteiger partial charge in [0.25, 0.3) is 5.91 Å². The second-order valence-electron chi connectivity index (χ2n) is 7.32. The molecule has 1 fully saturated rings. The van der Waals surface area contributed by atoms with Gasteiger partial charge in [0.2, 0.25) is 5.90 Å². The highest BCUT2D eigenvalue weighted by Gasteiger charge is 2.32. The van der Waals surface area contributed by atoms with Gasteiger partial charge in [0.05, 0.1) is 24.5 Å². The lowest BCUT2D eigenvalue weighted by Gasteiger charge is -2.28. The fourth-order valence-electron chi connectivity index (χ4n) is 3.63. The van der Waals surface area contributed by atoms with E-state index in [4.69, 9.17) is 9.72 Å². The summed E-state index contributed by atoms with van der Waals surface area (Å²) in [5.74, 6) is 0.277. The maximum Gasteiger partial charge on any atom is 0.257 e. The lowest BCUT2D eigenvalue weighted by Crippen LogP contribution is -2.38. The highest BCUT2D eigenvalue weighted by Crippen LogP contribution is 2.29. The molecule has 9 heteroatoms. The van der Waals surface area contributed by atoms with Crippen LogP contribution in [0, 0.1) is 0 Å². The SMILES string of the molecule is C=C1/C(=N\C=C(/C)F)OC[C@H](C)NC(=O)c2cnn3ccc(nc23)N2CCC[C@H]12. The van der Waals surface area contributed by atoms with Gasteiger partial charge in [-0.3, -0.25) is 4.79 Å². The van der Waals surface area contributed by atoms with E-state index in [0.29, 0.717) is 16.8 Å². The summed E-state index contributed by atoms with van der Waals surface area (Å²) in [5, 5.41) is 7.11. The average Bonchev–Trinajstić information content (AvgIpc) is 3.33. The molecule has 152 valence electrons. The number of nitrogens with one attached hydrogen (secondary N) is 1. The number of halogens is 1. The first-order valence-corrected chi connectivity index (χ1v) is 9.58. The number of aromatic nitrogens is 3. The Hall–Kier alpha value is -3.23. The number of nitrogens with zero attached hydrogens (tertiary/aromatic N) is 5. The first kappa shape index (κ1) is 19.1. The molecule has 0 radical (unpaired) electrons. The lowest BCUT2D eigenvalue weighted by atomic mass is 10.1. The third kappa shape index (κ3) is 3.72. The molecule has 0 saturated carbocycles. The minimum atomic E-state index is -0.430. The largest absolute Gasteiger partial charge is 0.475 e. The molecular weight excluding hydrogens is 375 g/mol. The molecule has 2 bridgehead atoms. The Morgan fingerprint density at radius 1 is 1.52 bits per heavy atom. The molecule has 2 aliphatic heterocycles. The summed E-state index contributed by atoms with van der Waals surface area (Å²) in [4.78, 5) is 23.7. The van der Waals surface area contributed by atoms with Crippen LogP contribution in [0.4, 0.5) is 10.2 Å². The van der Waals surface area contributed by atoms with Crippen LogP contribution in [0.2, 0.25) is 0 Å². The van der Waals surface area contributed by atoms with Gasteiger partial charge in [-0.15, -0.1) is 0 Å². The van der Waals surface area contributed by atoms with E-state index in [0.717, 1.165) is 31.4 Å². The van der Waals surface area contributed by atoms with Gasteiger partial charge in [0, 0.05) is 18.3 Å². The van der Waals surface area contributed by atoms with Crippen molar-refractivity contribution < 1.29 is 13.9 Å². The van der Waals surface area contributed by atoms with E-state index < -0.39 is 5.83 Å². The molecule has 1 saturated heterocycles. The van der Waals surface area contributed by atoms with Gasteiger partial charge in [0.1, 0.15) is 23.8 Å². The van der Waals surface area contributed by atoms with Crippen molar-refractivity contribution in [3.8, 4) is 0 Å². The molecule has 4 rings (SSSR count). The number of carbonyl (C=O) groups is 1. The Bertz CT molecular complexity index is 1020. The summed E-state index contributed by atoms with van der Waals surface area (Å²) in [6.45, 7) is 8.29. The lowest BCUT2D eigenvalue weighted by molar-refractivity contribution is 0.0926. The van der Waals surface area contributed by atoms with E-state index in [2.05, 4.69) is 26.9 Å². The molecule has 2 aliphatic rings. The first-order chi connectivity index (χ1) is 13.9. The van der Waals surface area contributed by atoms with E-state index in [1.165, 1.54) is 13.1 Å². The molecule has 2 atom stereocenters. The van der Waals surface area contributed by atoms with Gasteiger partial charge in [0.15, 0.2) is 5.65 Å². The molecule has 1 N–H and O–H groups in total. The Labute approximate surface area is 167 Å². The Morgan fingerprint density at radius 3 is 3.14 bits per heavy atom. The van der Waals surface area contributed by atoms with Gasteiger partial charge in [-0.1, -0.05) is 6.58 Å². The second-order valence-corrected chi connectivity index (χ2v) is 7.32. The average molecular weight is 398 g/mol. The number of hydrogen-bond acceptors (Lipinski definition) is 6.